The number of hydrogen-bond acceptors (Lipinski definition) is 4. The second-order valence-corrected chi connectivity index (χ2v) is 6.70. The minimum Gasteiger partial charge on any atom is -0.337 e. The first kappa shape index (κ1) is 15.9. The minimum absolute atomic E-state index is 0.166. The Balaban J connectivity index is 2.20. The maximum absolute atomic E-state index is 12.3. The lowest BCUT2D eigenvalue weighted by Crippen LogP contribution is -2.25. The quantitative estimate of drug-likeness (QED) is 0.577. The number of non-ortho nitro benzene ring substituents is 1. The predicted octanol–water partition coefficient (Wildman–Crippen LogP) is 4.34. The number of nitro benzene ring substituents is 1. The number of nitrogens with zero attached hydrogens (tertiary/aromatic N) is 2. The van der Waals surface area contributed by atoms with E-state index in [-0.39, 0.29) is 22.2 Å². The van der Waals surface area contributed by atoms with Crippen LogP contribution in [-0.2, 0) is 6.54 Å². The van der Waals surface area contributed by atoms with Gasteiger partial charge in [-0.25, -0.2) is 0 Å². The van der Waals surface area contributed by atoms with Gasteiger partial charge in [-0.3, -0.25) is 14.9 Å². The summed E-state index contributed by atoms with van der Waals surface area (Å²) in [6.07, 6.45) is 0. The molecule has 0 unspecified atom stereocenters. The van der Waals surface area contributed by atoms with Crippen LogP contribution in [0.3, 0.4) is 0 Å². The topological polar surface area (TPSA) is 63.5 Å². The van der Waals surface area contributed by atoms with Gasteiger partial charge in [0.15, 0.2) is 0 Å². The summed E-state index contributed by atoms with van der Waals surface area (Å²) in [7, 11) is 1.64. The van der Waals surface area contributed by atoms with Gasteiger partial charge in [0.1, 0.15) is 0 Å². The van der Waals surface area contributed by atoms with Gasteiger partial charge in [0.2, 0.25) is 0 Å². The molecule has 2 aromatic rings. The van der Waals surface area contributed by atoms with Crippen LogP contribution in [0.4, 0.5) is 5.69 Å². The van der Waals surface area contributed by atoms with Crippen LogP contribution in [0.2, 0.25) is 5.02 Å². The van der Waals surface area contributed by atoms with Gasteiger partial charge in [0.05, 0.1) is 11.5 Å². The highest BCUT2D eigenvalue weighted by Gasteiger charge is 2.17. The minimum atomic E-state index is -0.570. The molecular formula is C13H10BrClN2O3S. The van der Waals surface area contributed by atoms with E-state index in [2.05, 4.69) is 15.9 Å². The Morgan fingerprint density at radius 3 is 2.71 bits per heavy atom. The first-order chi connectivity index (χ1) is 9.86. The standard InChI is InChI=1S/C13H10BrClN2O3S/c1-16(6-12-4-9(14)7-21-12)13(18)8-2-10(15)5-11(3-8)17(19)20/h2-5,7H,6H2,1H3. The van der Waals surface area contributed by atoms with Gasteiger partial charge in [-0.2, -0.15) is 0 Å². The lowest BCUT2D eigenvalue weighted by molar-refractivity contribution is -0.384. The summed E-state index contributed by atoms with van der Waals surface area (Å²) in [6, 6.07) is 5.80. The van der Waals surface area contributed by atoms with Crippen LogP contribution in [0.1, 0.15) is 15.2 Å². The van der Waals surface area contributed by atoms with E-state index in [4.69, 9.17) is 11.6 Å². The van der Waals surface area contributed by atoms with Gasteiger partial charge in [-0.1, -0.05) is 11.6 Å². The van der Waals surface area contributed by atoms with E-state index >= 15 is 0 Å². The van der Waals surface area contributed by atoms with Crippen molar-refractivity contribution in [2.24, 2.45) is 0 Å². The smallest absolute Gasteiger partial charge is 0.271 e. The van der Waals surface area contributed by atoms with Crippen molar-refractivity contribution in [3.63, 3.8) is 0 Å². The lowest BCUT2D eigenvalue weighted by Gasteiger charge is -2.16. The Kier molecular flexibility index (Phi) is 4.97. The number of benzene rings is 1. The van der Waals surface area contributed by atoms with Crippen molar-refractivity contribution < 1.29 is 9.72 Å². The molecule has 21 heavy (non-hydrogen) atoms. The first-order valence-corrected chi connectivity index (χ1v) is 7.85. The Morgan fingerprint density at radius 1 is 1.43 bits per heavy atom. The lowest BCUT2D eigenvalue weighted by atomic mass is 10.2. The molecule has 0 aliphatic carbocycles. The van der Waals surface area contributed by atoms with E-state index in [0.29, 0.717) is 6.54 Å². The maximum Gasteiger partial charge on any atom is 0.271 e. The third kappa shape index (κ3) is 4.03. The van der Waals surface area contributed by atoms with Gasteiger partial charge in [0, 0.05) is 44.5 Å². The Bertz CT molecular complexity index is 704. The van der Waals surface area contributed by atoms with Crippen LogP contribution in [0.15, 0.2) is 34.1 Å². The molecule has 0 radical (unpaired) electrons. The van der Waals surface area contributed by atoms with Crippen LogP contribution in [-0.4, -0.2) is 22.8 Å². The van der Waals surface area contributed by atoms with Crippen LogP contribution in [0, 0.1) is 10.1 Å². The fourth-order valence-electron chi connectivity index (χ4n) is 1.77. The molecule has 2 rings (SSSR count). The molecule has 0 saturated heterocycles. The summed E-state index contributed by atoms with van der Waals surface area (Å²) in [4.78, 5) is 25.1. The molecule has 0 spiro atoms. The van der Waals surface area contributed by atoms with E-state index in [1.54, 1.807) is 7.05 Å². The summed E-state index contributed by atoms with van der Waals surface area (Å²) in [6.45, 7) is 0.426. The normalized spacial score (nSPS) is 10.4. The third-order valence-electron chi connectivity index (χ3n) is 2.70. The second-order valence-electron chi connectivity index (χ2n) is 4.35. The average Bonchev–Trinajstić information content (AvgIpc) is 2.82. The van der Waals surface area contributed by atoms with Crippen molar-refractivity contribution in [2.45, 2.75) is 6.54 Å². The molecule has 1 aromatic carbocycles. The van der Waals surface area contributed by atoms with Crippen molar-refractivity contribution in [1.29, 1.82) is 0 Å². The van der Waals surface area contributed by atoms with Crippen LogP contribution >= 0.6 is 38.9 Å². The van der Waals surface area contributed by atoms with Crippen molar-refractivity contribution in [3.8, 4) is 0 Å². The highest BCUT2D eigenvalue weighted by molar-refractivity contribution is 9.10. The van der Waals surface area contributed by atoms with Crippen molar-refractivity contribution in [3.05, 3.63) is 59.7 Å². The second kappa shape index (κ2) is 6.55. The molecule has 5 nitrogen and oxygen atoms in total. The number of halogens is 2. The summed E-state index contributed by atoms with van der Waals surface area (Å²) >= 11 is 10.7. The molecule has 0 atom stereocenters. The first-order valence-electron chi connectivity index (χ1n) is 5.80. The highest BCUT2D eigenvalue weighted by Crippen LogP contribution is 2.24. The molecule has 1 amide bonds. The monoisotopic (exact) mass is 388 g/mol. The molecule has 0 aliphatic rings. The molecule has 1 aromatic heterocycles. The number of rotatable bonds is 4. The molecule has 110 valence electrons. The fraction of sp³-hybridized carbons (Fsp3) is 0.154. The predicted molar refractivity (Wildman–Crippen MR) is 85.9 cm³/mol. The van der Waals surface area contributed by atoms with E-state index in [9.17, 15) is 14.9 Å². The Morgan fingerprint density at radius 2 is 2.14 bits per heavy atom. The maximum atomic E-state index is 12.3. The Labute approximate surface area is 138 Å². The van der Waals surface area contributed by atoms with Gasteiger partial charge in [-0.15, -0.1) is 11.3 Å². The molecule has 0 fully saturated rings. The fourth-order valence-corrected chi connectivity index (χ4v) is 3.50. The number of carbonyl (C=O) groups excluding carboxylic acids is 1. The number of carbonyl (C=O) groups is 1. The third-order valence-corrected chi connectivity index (χ3v) is 4.60. The molecule has 8 heteroatoms. The highest BCUT2D eigenvalue weighted by atomic mass is 79.9. The largest absolute Gasteiger partial charge is 0.337 e. The summed E-state index contributed by atoms with van der Waals surface area (Å²) in [5.74, 6) is -0.315. The van der Waals surface area contributed by atoms with Gasteiger partial charge in [-0.05, 0) is 28.1 Å². The summed E-state index contributed by atoms with van der Waals surface area (Å²) in [5.41, 5.74) is 0.00504. The molecule has 0 saturated carbocycles. The van der Waals surface area contributed by atoms with Gasteiger partial charge < -0.3 is 4.90 Å². The number of thiophene rings is 1. The van der Waals surface area contributed by atoms with Crippen molar-refractivity contribution in [2.75, 3.05) is 7.05 Å². The van der Waals surface area contributed by atoms with E-state index in [1.165, 1.54) is 34.4 Å². The van der Waals surface area contributed by atoms with Gasteiger partial charge >= 0.3 is 0 Å². The number of nitro groups is 1. The Hall–Kier alpha value is -1.44. The molecule has 0 aliphatic heterocycles. The van der Waals surface area contributed by atoms with Crippen LogP contribution < -0.4 is 0 Å². The molecule has 1 heterocycles. The van der Waals surface area contributed by atoms with Crippen molar-refractivity contribution in [1.82, 2.24) is 4.90 Å². The zero-order chi connectivity index (χ0) is 15.6. The van der Waals surface area contributed by atoms with E-state index < -0.39 is 4.92 Å². The summed E-state index contributed by atoms with van der Waals surface area (Å²) < 4.78 is 0.960. The van der Waals surface area contributed by atoms with Crippen LogP contribution in [0.25, 0.3) is 0 Å². The average molecular weight is 390 g/mol. The van der Waals surface area contributed by atoms with E-state index in [0.717, 1.165) is 9.35 Å². The zero-order valence-corrected chi connectivity index (χ0v) is 14.0. The van der Waals surface area contributed by atoms with Gasteiger partial charge in [0.25, 0.3) is 11.6 Å². The summed E-state index contributed by atoms with van der Waals surface area (Å²) in [5, 5.41) is 12.9. The van der Waals surface area contributed by atoms with Crippen molar-refractivity contribution >= 4 is 50.5 Å². The number of amides is 1. The molecule has 0 bridgehead atoms. The van der Waals surface area contributed by atoms with Crippen LogP contribution in [0.5, 0.6) is 0 Å². The van der Waals surface area contributed by atoms with E-state index in [1.807, 2.05) is 11.4 Å². The molecule has 0 N–H and O–H groups in total. The zero-order valence-electron chi connectivity index (χ0n) is 10.9. The molecular weight excluding hydrogens is 380 g/mol. The number of hydrogen-bond donors (Lipinski definition) is 0. The SMILES string of the molecule is CN(Cc1cc(Br)cs1)C(=O)c1cc(Cl)cc([N+](=O)[O-])c1.